The van der Waals surface area contributed by atoms with Crippen LogP contribution < -0.4 is 4.84 Å². The van der Waals surface area contributed by atoms with Crippen molar-refractivity contribution in [3.63, 3.8) is 0 Å². The van der Waals surface area contributed by atoms with Crippen LogP contribution in [0.15, 0.2) is 65.6 Å². The zero-order chi connectivity index (χ0) is 17.6. The van der Waals surface area contributed by atoms with Gasteiger partial charge in [-0.2, -0.15) is 0 Å². The van der Waals surface area contributed by atoms with Crippen molar-refractivity contribution < 1.29 is 19.4 Å². The Bertz CT molecular complexity index is 698. The molecule has 0 aliphatic heterocycles. The Morgan fingerprint density at radius 1 is 1.12 bits per heavy atom. The van der Waals surface area contributed by atoms with Gasteiger partial charge in [0.1, 0.15) is 6.04 Å². The van der Waals surface area contributed by atoms with Gasteiger partial charge in [0.05, 0.1) is 0 Å². The highest BCUT2D eigenvalue weighted by molar-refractivity contribution is 8.01. The maximum atomic E-state index is 12.1. The van der Waals surface area contributed by atoms with Gasteiger partial charge < -0.3 is 9.84 Å². The second kappa shape index (κ2) is 8.19. The highest BCUT2D eigenvalue weighted by Gasteiger charge is 2.51. The second-order valence-corrected chi connectivity index (χ2v) is 6.43. The Morgan fingerprint density at radius 3 is 2.12 bits per heavy atom. The van der Waals surface area contributed by atoms with E-state index in [4.69, 9.17) is 16.5 Å². The fourth-order valence-electron chi connectivity index (χ4n) is 2.23. The SMILES string of the molecule is CC(=O)O[C@@](Sc1ccccc1)(C(=O)O)[C@@H](NCl)c1ccccc1. The molecule has 0 aliphatic rings. The summed E-state index contributed by atoms with van der Waals surface area (Å²) in [7, 11) is 0. The van der Waals surface area contributed by atoms with E-state index < -0.39 is 22.9 Å². The van der Waals surface area contributed by atoms with Gasteiger partial charge in [0.25, 0.3) is 4.93 Å². The van der Waals surface area contributed by atoms with Crippen LogP contribution in [0.5, 0.6) is 0 Å². The zero-order valence-electron chi connectivity index (χ0n) is 12.8. The van der Waals surface area contributed by atoms with Crippen LogP contribution in [-0.4, -0.2) is 22.0 Å². The van der Waals surface area contributed by atoms with Gasteiger partial charge in [-0.15, -0.1) is 0 Å². The van der Waals surface area contributed by atoms with Crippen LogP contribution in [0, 0.1) is 0 Å². The molecule has 0 saturated carbocycles. The predicted molar refractivity (Wildman–Crippen MR) is 92.6 cm³/mol. The summed E-state index contributed by atoms with van der Waals surface area (Å²) < 4.78 is 5.29. The quantitative estimate of drug-likeness (QED) is 0.338. The summed E-state index contributed by atoms with van der Waals surface area (Å²) in [6, 6.07) is 16.6. The molecule has 2 rings (SSSR count). The molecule has 0 amide bonds. The maximum absolute atomic E-state index is 12.1. The summed E-state index contributed by atoms with van der Waals surface area (Å²) in [6.07, 6.45) is 0. The molecule has 5 nitrogen and oxygen atoms in total. The topological polar surface area (TPSA) is 75.6 Å². The monoisotopic (exact) mass is 365 g/mol. The molecule has 7 heteroatoms. The molecule has 2 N–H and O–H groups in total. The number of carbonyl (C=O) groups is 2. The minimum absolute atomic E-state index is 0.583. The fraction of sp³-hybridized carbons (Fsp3) is 0.176. The third-order valence-electron chi connectivity index (χ3n) is 3.23. The first-order valence-electron chi connectivity index (χ1n) is 7.07. The number of hydrogen-bond donors (Lipinski definition) is 2. The van der Waals surface area contributed by atoms with Gasteiger partial charge in [-0.25, -0.2) is 9.63 Å². The van der Waals surface area contributed by atoms with Crippen molar-refractivity contribution in [1.82, 2.24) is 4.84 Å². The van der Waals surface area contributed by atoms with Gasteiger partial charge in [-0.1, -0.05) is 60.3 Å². The smallest absolute Gasteiger partial charge is 0.361 e. The maximum Gasteiger partial charge on any atom is 0.361 e. The molecule has 24 heavy (non-hydrogen) atoms. The Kier molecular flexibility index (Phi) is 6.25. The Morgan fingerprint density at radius 2 is 1.67 bits per heavy atom. The van der Waals surface area contributed by atoms with E-state index in [1.165, 1.54) is 6.92 Å². The molecule has 0 aliphatic carbocycles. The summed E-state index contributed by atoms with van der Waals surface area (Å²) in [6.45, 7) is 1.17. The number of ether oxygens (including phenoxy) is 1. The van der Waals surface area contributed by atoms with Crippen molar-refractivity contribution in [2.75, 3.05) is 0 Å². The number of thioether (sulfide) groups is 1. The van der Waals surface area contributed by atoms with Crippen molar-refractivity contribution in [3.8, 4) is 0 Å². The zero-order valence-corrected chi connectivity index (χ0v) is 14.4. The number of halogens is 1. The number of esters is 1. The van der Waals surface area contributed by atoms with E-state index in [2.05, 4.69) is 4.84 Å². The van der Waals surface area contributed by atoms with Gasteiger partial charge in [-0.05, 0) is 29.5 Å². The number of nitrogens with one attached hydrogen (secondary N) is 1. The minimum Gasteiger partial charge on any atom is -0.478 e. The van der Waals surface area contributed by atoms with E-state index in [0.29, 0.717) is 10.5 Å². The van der Waals surface area contributed by atoms with Crippen LogP contribution >= 0.6 is 23.5 Å². The van der Waals surface area contributed by atoms with Crippen LogP contribution in [0.2, 0.25) is 0 Å². The van der Waals surface area contributed by atoms with Crippen molar-refractivity contribution in [2.45, 2.75) is 22.8 Å². The number of benzene rings is 2. The lowest BCUT2D eigenvalue weighted by atomic mass is 10.0. The Hall–Kier alpha value is -2.02. The van der Waals surface area contributed by atoms with E-state index in [1.807, 2.05) is 6.07 Å². The number of hydrogen-bond acceptors (Lipinski definition) is 5. The van der Waals surface area contributed by atoms with Gasteiger partial charge in [0, 0.05) is 11.8 Å². The van der Waals surface area contributed by atoms with Gasteiger partial charge in [0.15, 0.2) is 0 Å². The molecular weight excluding hydrogens is 350 g/mol. The molecule has 0 unspecified atom stereocenters. The molecule has 0 bridgehead atoms. The fourth-order valence-corrected chi connectivity index (χ4v) is 3.77. The summed E-state index contributed by atoms with van der Waals surface area (Å²) >= 11 is 6.77. The number of carbonyl (C=O) groups excluding carboxylic acids is 1. The molecule has 2 atom stereocenters. The van der Waals surface area contributed by atoms with Crippen LogP contribution in [0.3, 0.4) is 0 Å². The van der Waals surface area contributed by atoms with Crippen LogP contribution in [0.4, 0.5) is 0 Å². The average Bonchev–Trinajstić information content (AvgIpc) is 2.56. The summed E-state index contributed by atoms with van der Waals surface area (Å²) in [5.74, 6) is -2.03. The largest absolute Gasteiger partial charge is 0.478 e. The third-order valence-corrected chi connectivity index (χ3v) is 4.75. The highest BCUT2D eigenvalue weighted by Crippen LogP contribution is 2.44. The Balaban J connectivity index is 2.54. The first-order chi connectivity index (χ1) is 11.5. The predicted octanol–water partition coefficient (Wildman–Crippen LogP) is 3.61. The van der Waals surface area contributed by atoms with Crippen LogP contribution in [0.1, 0.15) is 18.5 Å². The summed E-state index contributed by atoms with van der Waals surface area (Å²) in [4.78, 5) is 24.9. The molecule has 0 heterocycles. The minimum atomic E-state index is -1.96. The molecule has 126 valence electrons. The summed E-state index contributed by atoms with van der Waals surface area (Å²) in [5.41, 5.74) is 0.583. The van der Waals surface area contributed by atoms with Crippen LogP contribution in [0.25, 0.3) is 0 Å². The van der Waals surface area contributed by atoms with Crippen molar-refractivity contribution >= 4 is 35.5 Å². The number of carboxylic acid groups (broad SMARTS) is 1. The average molecular weight is 366 g/mol. The number of rotatable bonds is 7. The van der Waals surface area contributed by atoms with Crippen molar-refractivity contribution in [2.24, 2.45) is 0 Å². The number of carboxylic acids is 1. The highest BCUT2D eigenvalue weighted by atomic mass is 35.5. The van der Waals surface area contributed by atoms with E-state index in [-0.39, 0.29) is 0 Å². The molecule has 0 fully saturated rings. The normalized spacial score (nSPS) is 14.4. The molecule has 0 aromatic heterocycles. The lowest BCUT2D eigenvalue weighted by Gasteiger charge is -2.34. The standard InChI is InChI=1S/C17H16ClNO4S/c1-12(20)23-17(16(21)22,24-14-10-6-3-7-11-14)15(19-18)13-8-4-2-5-9-13/h2-11,15,19H,1H3,(H,21,22)/t15-,17-/m0/s1. The Labute approximate surface area is 149 Å². The van der Waals surface area contributed by atoms with E-state index in [0.717, 1.165) is 11.8 Å². The summed E-state index contributed by atoms with van der Waals surface area (Å²) in [5, 5.41) is 9.90. The van der Waals surface area contributed by atoms with Crippen molar-refractivity contribution in [3.05, 3.63) is 66.2 Å². The third kappa shape index (κ3) is 4.08. The molecule has 0 radical (unpaired) electrons. The van der Waals surface area contributed by atoms with Gasteiger partial charge in [-0.3, -0.25) is 4.79 Å². The molecule has 0 saturated heterocycles. The molecule has 2 aromatic carbocycles. The molecular formula is C17H16ClNO4S. The van der Waals surface area contributed by atoms with E-state index in [9.17, 15) is 14.7 Å². The molecule has 0 spiro atoms. The van der Waals surface area contributed by atoms with E-state index in [1.54, 1.807) is 54.6 Å². The molecule has 2 aromatic rings. The van der Waals surface area contributed by atoms with Crippen LogP contribution in [-0.2, 0) is 14.3 Å². The number of aliphatic carboxylic acids is 1. The first kappa shape index (κ1) is 18.3. The lowest BCUT2D eigenvalue weighted by molar-refractivity contribution is -0.168. The van der Waals surface area contributed by atoms with E-state index >= 15 is 0 Å². The van der Waals surface area contributed by atoms with Gasteiger partial charge >= 0.3 is 11.9 Å². The van der Waals surface area contributed by atoms with Crippen molar-refractivity contribution in [1.29, 1.82) is 0 Å². The first-order valence-corrected chi connectivity index (χ1v) is 8.27. The van der Waals surface area contributed by atoms with Gasteiger partial charge in [0.2, 0.25) is 0 Å². The second-order valence-electron chi connectivity index (χ2n) is 4.93. The lowest BCUT2D eigenvalue weighted by Crippen LogP contribution is -2.48.